The van der Waals surface area contributed by atoms with E-state index in [1.54, 1.807) is 4.90 Å². The van der Waals surface area contributed by atoms with Crippen molar-refractivity contribution in [1.82, 2.24) is 10.2 Å². The molecule has 1 aliphatic rings. The molecule has 1 aromatic rings. The number of aliphatic hydroxyl groups is 1. The highest BCUT2D eigenvalue weighted by atomic mass is 16.5. The van der Waals surface area contributed by atoms with Crippen molar-refractivity contribution in [2.45, 2.75) is 12.3 Å². The van der Waals surface area contributed by atoms with Crippen LogP contribution in [0.1, 0.15) is 17.9 Å². The van der Waals surface area contributed by atoms with Crippen LogP contribution >= 0.6 is 0 Å². The monoisotopic (exact) mass is 278 g/mol. The number of carbonyl (C=O) groups excluding carboxylic acids is 1. The molecule has 0 saturated carbocycles. The molecule has 2 rings (SSSR count). The van der Waals surface area contributed by atoms with Gasteiger partial charge in [0, 0.05) is 32.2 Å². The Bertz CT molecular complexity index is 405. The van der Waals surface area contributed by atoms with Crippen LogP contribution in [-0.2, 0) is 4.74 Å². The number of amides is 2. The Kier molecular flexibility index (Phi) is 5.83. The third kappa shape index (κ3) is 4.21. The van der Waals surface area contributed by atoms with Crippen LogP contribution in [0.25, 0.3) is 0 Å². The van der Waals surface area contributed by atoms with Gasteiger partial charge >= 0.3 is 6.03 Å². The lowest BCUT2D eigenvalue weighted by Gasteiger charge is -2.28. The Labute approximate surface area is 119 Å². The zero-order valence-corrected chi connectivity index (χ0v) is 11.6. The summed E-state index contributed by atoms with van der Waals surface area (Å²) < 4.78 is 5.23. The molecule has 20 heavy (non-hydrogen) atoms. The molecule has 5 heteroatoms. The Balaban J connectivity index is 1.87. The predicted octanol–water partition coefficient (Wildman–Crippen LogP) is 1.19. The van der Waals surface area contributed by atoms with Crippen LogP contribution in [0.4, 0.5) is 4.79 Å². The largest absolute Gasteiger partial charge is 0.396 e. The van der Waals surface area contributed by atoms with E-state index in [9.17, 15) is 9.90 Å². The van der Waals surface area contributed by atoms with Crippen molar-refractivity contribution >= 4 is 6.03 Å². The number of ether oxygens (including phenoxy) is 1. The van der Waals surface area contributed by atoms with Gasteiger partial charge in [-0.05, 0) is 12.0 Å². The average molecular weight is 278 g/mol. The van der Waals surface area contributed by atoms with Crippen LogP contribution in [0.5, 0.6) is 0 Å². The molecule has 5 nitrogen and oxygen atoms in total. The number of morpholine rings is 1. The SMILES string of the molecule is O=C(NCC(CCO)c1ccccc1)N1CCOCC1. The van der Waals surface area contributed by atoms with Gasteiger partial charge in [-0.25, -0.2) is 4.79 Å². The molecular weight excluding hydrogens is 256 g/mol. The minimum Gasteiger partial charge on any atom is -0.396 e. The van der Waals surface area contributed by atoms with Crippen LogP contribution in [0.15, 0.2) is 30.3 Å². The van der Waals surface area contributed by atoms with Gasteiger partial charge in [0.25, 0.3) is 0 Å². The number of hydrogen-bond acceptors (Lipinski definition) is 3. The van der Waals surface area contributed by atoms with Gasteiger partial charge in [0.1, 0.15) is 0 Å². The number of urea groups is 1. The highest BCUT2D eigenvalue weighted by Gasteiger charge is 2.18. The first kappa shape index (κ1) is 14.8. The first-order chi connectivity index (χ1) is 9.81. The molecule has 2 N–H and O–H groups in total. The van der Waals surface area contributed by atoms with Crippen LogP contribution in [0.3, 0.4) is 0 Å². The summed E-state index contributed by atoms with van der Waals surface area (Å²) in [5.41, 5.74) is 1.14. The van der Waals surface area contributed by atoms with E-state index >= 15 is 0 Å². The summed E-state index contributed by atoms with van der Waals surface area (Å²) in [5.74, 6) is 0.145. The van der Waals surface area contributed by atoms with Crippen LogP contribution in [0, 0.1) is 0 Å². The standard InChI is InChI=1S/C15H22N2O3/c18-9-6-14(13-4-2-1-3-5-13)12-16-15(19)17-7-10-20-11-8-17/h1-5,14,18H,6-12H2,(H,16,19). The Morgan fingerprint density at radius 3 is 2.65 bits per heavy atom. The second-order valence-corrected chi connectivity index (χ2v) is 4.91. The lowest BCUT2D eigenvalue weighted by atomic mass is 9.96. The fourth-order valence-electron chi connectivity index (χ4n) is 2.36. The zero-order valence-electron chi connectivity index (χ0n) is 11.6. The molecule has 1 saturated heterocycles. The van der Waals surface area contributed by atoms with E-state index in [0.29, 0.717) is 39.3 Å². The van der Waals surface area contributed by atoms with Crippen molar-refractivity contribution < 1.29 is 14.6 Å². The first-order valence-corrected chi connectivity index (χ1v) is 7.07. The fourth-order valence-corrected chi connectivity index (χ4v) is 2.36. The third-order valence-corrected chi connectivity index (χ3v) is 3.55. The van der Waals surface area contributed by atoms with E-state index < -0.39 is 0 Å². The maximum atomic E-state index is 12.0. The number of carbonyl (C=O) groups is 1. The van der Waals surface area contributed by atoms with E-state index in [1.807, 2.05) is 30.3 Å². The minimum absolute atomic E-state index is 0.0489. The molecule has 1 atom stereocenters. The molecule has 0 aliphatic carbocycles. The molecule has 0 radical (unpaired) electrons. The van der Waals surface area contributed by atoms with Crippen molar-refractivity contribution in [3.8, 4) is 0 Å². The van der Waals surface area contributed by atoms with Gasteiger partial charge in [-0.3, -0.25) is 0 Å². The van der Waals surface area contributed by atoms with Crippen LogP contribution in [0.2, 0.25) is 0 Å². The van der Waals surface area contributed by atoms with Crippen molar-refractivity contribution in [3.05, 3.63) is 35.9 Å². The molecule has 1 heterocycles. The van der Waals surface area contributed by atoms with E-state index in [2.05, 4.69) is 5.32 Å². The normalized spacial score (nSPS) is 16.8. The van der Waals surface area contributed by atoms with E-state index in [-0.39, 0.29) is 18.6 Å². The summed E-state index contributed by atoms with van der Waals surface area (Å²) in [5, 5.41) is 12.1. The Morgan fingerprint density at radius 2 is 2.00 bits per heavy atom. The summed E-state index contributed by atoms with van der Waals surface area (Å²) in [6.45, 7) is 3.15. The number of rotatable bonds is 5. The Hall–Kier alpha value is -1.59. The average Bonchev–Trinajstić information content (AvgIpc) is 2.53. The lowest BCUT2D eigenvalue weighted by Crippen LogP contribution is -2.47. The lowest BCUT2D eigenvalue weighted by molar-refractivity contribution is 0.0531. The summed E-state index contributed by atoms with van der Waals surface area (Å²) >= 11 is 0. The van der Waals surface area contributed by atoms with Crippen molar-refractivity contribution in [2.24, 2.45) is 0 Å². The molecule has 110 valence electrons. The second-order valence-electron chi connectivity index (χ2n) is 4.91. The topological polar surface area (TPSA) is 61.8 Å². The first-order valence-electron chi connectivity index (χ1n) is 7.07. The highest BCUT2D eigenvalue weighted by molar-refractivity contribution is 5.74. The maximum Gasteiger partial charge on any atom is 0.317 e. The minimum atomic E-state index is -0.0489. The molecule has 1 aliphatic heterocycles. The van der Waals surface area contributed by atoms with Gasteiger partial charge < -0.3 is 20.1 Å². The molecule has 0 aromatic heterocycles. The number of nitrogens with one attached hydrogen (secondary N) is 1. The number of benzene rings is 1. The summed E-state index contributed by atoms with van der Waals surface area (Å²) in [4.78, 5) is 13.8. The van der Waals surface area contributed by atoms with Crippen LogP contribution in [-0.4, -0.2) is 55.5 Å². The maximum absolute atomic E-state index is 12.0. The van der Waals surface area contributed by atoms with E-state index in [4.69, 9.17) is 4.74 Å². The molecule has 0 bridgehead atoms. The van der Waals surface area contributed by atoms with Gasteiger partial charge in [-0.1, -0.05) is 30.3 Å². The summed E-state index contributed by atoms with van der Waals surface area (Å²) in [7, 11) is 0. The molecule has 0 spiro atoms. The van der Waals surface area contributed by atoms with Crippen molar-refractivity contribution in [1.29, 1.82) is 0 Å². The number of nitrogens with zero attached hydrogens (tertiary/aromatic N) is 1. The quantitative estimate of drug-likeness (QED) is 0.850. The van der Waals surface area contributed by atoms with Gasteiger partial charge in [-0.2, -0.15) is 0 Å². The molecular formula is C15H22N2O3. The predicted molar refractivity (Wildman–Crippen MR) is 76.7 cm³/mol. The Morgan fingerprint density at radius 1 is 1.30 bits per heavy atom. The molecule has 1 fully saturated rings. The zero-order chi connectivity index (χ0) is 14.2. The highest BCUT2D eigenvalue weighted by Crippen LogP contribution is 2.18. The number of aliphatic hydroxyl groups excluding tert-OH is 1. The summed E-state index contributed by atoms with van der Waals surface area (Å²) in [6, 6.07) is 9.92. The molecule has 2 amide bonds. The smallest absolute Gasteiger partial charge is 0.317 e. The van der Waals surface area contributed by atoms with Gasteiger partial charge in [-0.15, -0.1) is 0 Å². The van der Waals surface area contributed by atoms with Gasteiger partial charge in [0.15, 0.2) is 0 Å². The van der Waals surface area contributed by atoms with E-state index in [1.165, 1.54) is 0 Å². The fraction of sp³-hybridized carbons (Fsp3) is 0.533. The number of hydrogen-bond donors (Lipinski definition) is 2. The van der Waals surface area contributed by atoms with Crippen molar-refractivity contribution in [2.75, 3.05) is 39.5 Å². The van der Waals surface area contributed by atoms with E-state index in [0.717, 1.165) is 5.56 Å². The summed E-state index contributed by atoms with van der Waals surface area (Å²) in [6.07, 6.45) is 0.646. The third-order valence-electron chi connectivity index (χ3n) is 3.55. The van der Waals surface area contributed by atoms with Crippen molar-refractivity contribution in [3.63, 3.8) is 0 Å². The molecule has 1 unspecified atom stereocenters. The van der Waals surface area contributed by atoms with Gasteiger partial charge in [0.05, 0.1) is 13.2 Å². The second kappa shape index (κ2) is 7.87. The van der Waals surface area contributed by atoms with Gasteiger partial charge in [0.2, 0.25) is 0 Å². The molecule has 1 aromatic carbocycles. The van der Waals surface area contributed by atoms with Crippen LogP contribution < -0.4 is 5.32 Å².